The number of nitrogens with one attached hydrogen (secondary N) is 3. The zero-order valence-corrected chi connectivity index (χ0v) is 22.1. The molecule has 1 aromatic rings. The molecule has 0 radical (unpaired) electrons. The van der Waals surface area contributed by atoms with Gasteiger partial charge in [-0.1, -0.05) is 40.2 Å². The number of pyridine rings is 1. The molecule has 10 heteroatoms. The molecule has 3 atom stereocenters. The van der Waals surface area contributed by atoms with E-state index in [0.29, 0.717) is 18.4 Å². The van der Waals surface area contributed by atoms with Gasteiger partial charge in [0.15, 0.2) is 0 Å². The van der Waals surface area contributed by atoms with Crippen LogP contribution in [-0.4, -0.2) is 70.5 Å². The first-order valence-electron chi connectivity index (χ1n) is 12.5. The van der Waals surface area contributed by atoms with Gasteiger partial charge in [-0.3, -0.25) is 29.0 Å². The molecule has 1 aromatic heterocycles. The van der Waals surface area contributed by atoms with Gasteiger partial charge < -0.3 is 20.9 Å². The fourth-order valence-corrected chi connectivity index (χ4v) is 3.58. The monoisotopic (exact) mass is 501 g/mol. The minimum Gasteiger partial charge on any atom is -0.347 e. The first-order chi connectivity index (χ1) is 16.8. The second kappa shape index (κ2) is 12.6. The topological polar surface area (TPSA) is 138 Å². The van der Waals surface area contributed by atoms with E-state index in [0.717, 1.165) is 12.8 Å². The van der Waals surface area contributed by atoms with Gasteiger partial charge in [-0.25, -0.2) is 0 Å². The Morgan fingerprint density at radius 3 is 2.33 bits per heavy atom. The SMILES string of the molecule is CCC[C@@H](C(=O)N[C@@H](Cc1cccnc1)C(=O)C(=O)NC1CC1)N(C)C(=O)[C@@H](C)NC(=O)C(C)(C)C. The van der Waals surface area contributed by atoms with E-state index in [4.69, 9.17) is 0 Å². The number of rotatable bonds is 12. The predicted molar refractivity (Wildman–Crippen MR) is 135 cm³/mol. The Morgan fingerprint density at radius 1 is 1.14 bits per heavy atom. The molecule has 1 aliphatic rings. The third-order valence-corrected chi connectivity index (χ3v) is 6.01. The second-order valence-electron chi connectivity index (χ2n) is 10.4. The Balaban J connectivity index is 2.17. The minimum atomic E-state index is -1.11. The van der Waals surface area contributed by atoms with Crippen LogP contribution >= 0.6 is 0 Å². The van der Waals surface area contributed by atoms with E-state index >= 15 is 0 Å². The molecule has 0 spiro atoms. The van der Waals surface area contributed by atoms with E-state index in [1.807, 2.05) is 6.92 Å². The highest BCUT2D eigenvalue weighted by atomic mass is 16.2. The zero-order valence-electron chi connectivity index (χ0n) is 22.1. The molecule has 36 heavy (non-hydrogen) atoms. The van der Waals surface area contributed by atoms with Crippen LogP contribution in [0, 0.1) is 5.41 Å². The number of hydrogen-bond donors (Lipinski definition) is 3. The summed E-state index contributed by atoms with van der Waals surface area (Å²) in [6.07, 6.45) is 5.85. The molecule has 2 rings (SSSR count). The van der Waals surface area contributed by atoms with E-state index in [2.05, 4.69) is 20.9 Å². The lowest BCUT2D eigenvalue weighted by molar-refractivity contribution is -0.144. The lowest BCUT2D eigenvalue weighted by Crippen LogP contribution is -2.57. The van der Waals surface area contributed by atoms with Crippen molar-refractivity contribution >= 4 is 29.4 Å². The van der Waals surface area contributed by atoms with Crippen molar-refractivity contribution in [2.24, 2.45) is 5.41 Å². The third-order valence-electron chi connectivity index (χ3n) is 6.01. The van der Waals surface area contributed by atoms with Crippen molar-refractivity contribution in [1.82, 2.24) is 25.8 Å². The summed E-state index contributed by atoms with van der Waals surface area (Å²) < 4.78 is 0. The third kappa shape index (κ3) is 8.42. The van der Waals surface area contributed by atoms with E-state index in [-0.39, 0.29) is 18.4 Å². The average Bonchev–Trinajstić information content (AvgIpc) is 3.64. The van der Waals surface area contributed by atoms with Crippen LogP contribution < -0.4 is 16.0 Å². The molecule has 0 unspecified atom stereocenters. The molecule has 0 bridgehead atoms. The molecule has 0 aromatic carbocycles. The number of carbonyl (C=O) groups excluding carboxylic acids is 5. The molecule has 0 aliphatic heterocycles. The van der Waals surface area contributed by atoms with Crippen molar-refractivity contribution in [3.63, 3.8) is 0 Å². The maximum absolute atomic E-state index is 13.4. The van der Waals surface area contributed by atoms with E-state index < -0.39 is 47.0 Å². The molecule has 198 valence electrons. The van der Waals surface area contributed by atoms with Crippen LogP contribution in [0.2, 0.25) is 0 Å². The van der Waals surface area contributed by atoms with Gasteiger partial charge in [-0.15, -0.1) is 0 Å². The highest BCUT2D eigenvalue weighted by Crippen LogP contribution is 2.19. The number of hydrogen-bond acceptors (Lipinski definition) is 6. The predicted octanol–water partition coefficient (Wildman–Crippen LogP) is 1.13. The summed E-state index contributed by atoms with van der Waals surface area (Å²) >= 11 is 0. The summed E-state index contributed by atoms with van der Waals surface area (Å²) in [4.78, 5) is 69.5. The lowest BCUT2D eigenvalue weighted by atomic mass is 9.95. The second-order valence-corrected chi connectivity index (χ2v) is 10.4. The van der Waals surface area contributed by atoms with Crippen LogP contribution in [0.1, 0.15) is 65.9 Å². The minimum absolute atomic E-state index is 0.00224. The number of ketones is 1. The Morgan fingerprint density at radius 2 is 1.81 bits per heavy atom. The van der Waals surface area contributed by atoms with Crippen LogP contribution in [0.25, 0.3) is 0 Å². The summed E-state index contributed by atoms with van der Waals surface area (Å²) in [6, 6.07) is 0.636. The van der Waals surface area contributed by atoms with Gasteiger partial charge >= 0.3 is 0 Å². The fourth-order valence-electron chi connectivity index (χ4n) is 3.58. The Labute approximate surface area is 213 Å². The van der Waals surface area contributed by atoms with Crippen LogP contribution in [0.5, 0.6) is 0 Å². The number of nitrogens with zero attached hydrogens (tertiary/aromatic N) is 2. The first kappa shape index (κ1) is 28.9. The van der Waals surface area contributed by atoms with Gasteiger partial charge in [0.1, 0.15) is 18.1 Å². The molecular weight excluding hydrogens is 462 g/mol. The van der Waals surface area contributed by atoms with Crippen LogP contribution in [-0.2, 0) is 30.4 Å². The molecule has 4 amide bonds. The summed E-state index contributed by atoms with van der Waals surface area (Å²) in [7, 11) is 1.50. The number of aromatic nitrogens is 1. The van der Waals surface area contributed by atoms with Crippen molar-refractivity contribution in [2.75, 3.05) is 7.05 Å². The molecule has 3 N–H and O–H groups in total. The Kier molecular flexibility index (Phi) is 10.1. The number of amides is 4. The summed E-state index contributed by atoms with van der Waals surface area (Å²) in [5, 5.41) is 8.07. The Hall–Kier alpha value is -3.30. The van der Waals surface area contributed by atoms with Crippen LogP contribution in [0.4, 0.5) is 0 Å². The van der Waals surface area contributed by atoms with Crippen molar-refractivity contribution in [1.29, 1.82) is 0 Å². The standard InChI is InChI=1S/C26H39N5O5/c1-7-9-20(31(6)24(35)16(2)28-25(36)26(3,4)5)22(33)30-19(14-17-10-8-13-27-15-17)21(32)23(34)29-18-11-12-18/h8,10,13,15-16,18-20H,7,9,11-12,14H2,1-6H3,(H,28,36)(H,29,34)(H,30,33)/t16-,19+,20+/m1/s1. The molecule has 0 saturated heterocycles. The van der Waals surface area contributed by atoms with Crippen LogP contribution in [0.15, 0.2) is 24.5 Å². The van der Waals surface area contributed by atoms with Crippen molar-refractivity contribution in [2.45, 2.75) is 90.9 Å². The molecular formula is C26H39N5O5. The molecule has 1 aliphatic carbocycles. The van der Waals surface area contributed by atoms with E-state index in [1.54, 1.807) is 52.2 Å². The molecule has 10 nitrogen and oxygen atoms in total. The smallest absolute Gasteiger partial charge is 0.289 e. The van der Waals surface area contributed by atoms with Gasteiger partial charge in [-0.05, 0) is 37.8 Å². The number of carbonyl (C=O) groups is 5. The molecule has 1 saturated carbocycles. The van der Waals surface area contributed by atoms with Gasteiger partial charge in [0.25, 0.3) is 5.91 Å². The van der Waals surface area contributed by atoms with Crippen LogP contribution in [0.3, 0.4) is 0 Å². The average molecular weight is 502 g/mol. The highest BCUT2D eigenvalue weighted by molar-refractivity contribution is 6.38. The van der Waals surface area contributed by atoms with Crippen molar-refractivity contribution in [3.8, 4) is 0 Å². The zero-order chi connectivity index (χ0) is 27.0. The summed E-state index contributed by atoms with van der Waals surface area (Å²) in [5.74, 6) is -2.72. The lowest BCUT2D eigenvalue weighted by Gasteiger charge is -2.31. The van der Waals surface area contributed by atoms with Gasteiger partial charge in [-0.2, -0.15) is 0 Å². The van der Waals surface area contributed by atoms with Gasteiger partial charge in [0, 0.05) is 37.3 Å². The highest BCUT2D eigenvalue weighted by Gasteiger charge is 2.35. The molecule has 1 heterocycles. The normalized spacial score (nSPS) is 15.7. The fraction of sp³-hybridized carbons (Fsp3) is 0.615. The van der Waals surface area contributed by atoms with Crippen molar-refractivity contribution in [3.05, 3.63) is 30.1 Å². The quantitative estimate of drug-likeness (QED) is 0.367. The summed E-state index contributed by atoms with van der Waals surface area (Å²) in [6.45, 7) is 8.69. The number of Topliss-reactive ketones (excluding diaryl/α,β-unsaturated/α-hetero) is 1. The number of likely N-dealkylation sites (N-methyl/N-ethyl adjacent to an activating group) is 1. The summed E-state index contributed by atoms with van der Waals surface area (Å²) in [5.41, 5.74) is 0.0131. The Bertz CT molecular complexity index is 955. The van der Waals surface area contributed by atoms with Gasteiger partial charge in [0.2, 0.25) is 23.5 Å². The van der Waals surface area contributed by atoms with Crippen molar-refractivity contribution < 1.29 is 24.0 Å². The van der Waals surface area contributed by atoms with Gasteiger partial charge in [0.05, 0.1) is 0 Å². The van der Waals surface area contributed by atoms with E-state index in [9.17, 15) is 24.0 Å². The first-order valence-corrected chi connectivity index (χ1v) is 12.5. The maximum atomic E-state index is 13.4. The maximum Gasteiger partial charge on any atom is 0.289 e. The molecule has 1 fully saturated rings. The van der Waals surface area contributed by atoms with E-state index in [1.165, 1.54) is 11.9 Å². The largest absolute Gasteiger partial charge is 0.347 e.